The number of nitrogens with one attached hydrogen (secondary N) is 1. The maximum absolute atomic E-state index is 12.9. The molecular weight excluding hydrogens is 473 g/mol. The fraction of sp³-hybridized carbons (Fsp3) is 0.240. The van der Waals surface area contributed by atoms with Gasteiger partial charge in [-0.05, 0) is 47.9 Å². The molecule has 0 radical (unpaired) electrons. The molecule has 0 aliphatic carbocycles. The van der Waals surface area contributed by atoms with Gasteiger partial charge in [0.05, 0.1) is 5.56 Å². The number of anilines is 2. The van der Waals surface area contributed by atoms with Gasteiger partial charge in [-0.1, -0.05) is 6.92 Å². The van der Waals surface area contributed by atoms with E-state index < -0.39 is 12.3 Å². The van der Waals surface area contributed by atoms with Crippen molar-refractivity contribution in [2.24, 2.45) is 4.99 Å². The molecule has 0 saturated carbocycles. The van der Waals surface area contributed by atoms with Crippen LogP contribution in [0.1, 0.15) is 23.7 Å². The molecule has 0 atom stereocenters. The van der Waals surface area contributed by atoms with E-state index in [0.717, 1.165) is 24.1 Å². The van der Waals surface area contributed by atoms with Crippen molar-refractivity contribution in [3.63, 3.8) is 0 Å². The number of amides is 1. The number of hydrogen-bond acceptors (Lipinski definition) is 7. The number of nitrogens with zero attached hydrogens (tertiary/aromatic N) is 5. The van der Waals surface area contributed by atoms with Gasteiger partial charge in [-0.25, -0.2) is 15.0 Å². The average molecular weight is 496 g/mol. The minimum absolute atomic E-state index is 0.270. The van der Waals surface area contributed by atoms with Crippen LogP contribution in [0.3, 0.4) is 0 Å². The Morgan fingerprint density at radius 1 is 1.17 bits per heavy atom. The summed E-state index contributed by atoms with van der Waals surface area (Å²) < 4.78 is 41.0. The summed E-state index contributed by atoms with van der Waals surface area (Å²) in [5.74, 6) is -0.166. The molecule has 0 fully saturated rings. The molecule has 4 rings (SSSR count). The molecule has 186 valence electrons. The van der Waals surface area contributed by atoms with Gasteiger partial charge < -0.3 is 15.0 Å². The van der Waals surface area contributed by atoms with Crippen LogP contribution in [-0.2, 0) is 0 Å². The van der Waals surface area contributed by atoms with E-state index in [1.165, 1.54) is 30.2 Å². The maximum Gasteiger partial charge on any atom is 0.573 e. The average Bonchev–Trinajstić information content (AvgIpc) is 3.27. The molecule has 8 nitrogen and oxygen atoms in total. The van der Waals surface area contributed by atoms with E-state index in [9.17, 15) is 18.0 Å². The first kappa shape index (κ1) is 24.8. The van der Waals surface area contributed by atoms with Crippen molar-refractivity contribution < 1.29 is 22.7 Å². The topological polar surface area (TPSA) is 92.6 Å². The van der Waals surface area contributed by atoms with Gasteiger partial charge >= 0.3 is 6.36 Å². The molecule has 1 aliphatic heterocycles. The molecule has 1 N–H and O–H groups in total. The number of carbonyl (C=O) groups excluding carboxylic acids is 1. The van der Waals surface area contributed by atoms with Crippen molar-refractivity contribution in [3.8, 4) is 16.9 Å². The second kappa shape index (κ2) is 10.5. The van der Waals surface area contributed by atoms with E-state index in [2.05, 4.69) is 41.8 Å². The quantitative estimate of drug-likeness (QED) is 0.467. The minimum Gasteiger partial charge on any atom is -0.406 e. The summed E-state index contributed by atoms with van der Waals surface area (Å²) >= 11 is 0. The molecule has 36 heavy (non-hydrogen) atoms. The van der Waals surface area contributed by atoms with Crippen molar-refractivity contribution in [1.29, 1.82) is 0 Å². The summed E-state index contributed by atoms with van der Waals surface area (Å²) in [6, 6.07) is 6.60. The third-order valence-corrected chi connectivity index (χ3v) is 5.55. The lowest BCUT2D eigenvalue weighted by Gasteiger charge is -2.21. The summed E-state index contributed by atoms with van der Waals surface area (Å²) in [5, 5.41) is 2.67. The van der Waals surface area contributed by atoms with Gasteiger partial charge in [0.2, 0.25) is 0 Å². The minimum atomic E-state index is -4.79. The Hall–Kier alpha value is -4.28. The Kier molecular flexibility index (Phi) is 7.28. The number of pyridine rings is 1. The Bertz CT molecular complexity index is 1290. The molecule has 0 saturated heterocycles. The summed E-state index contributed by atoms with van der Waals surface area (Å²) in [7, 11) is 1.73. The van der Waals surface area contributed by atoms with Crippen LogP contribution < -0.4 is 15.0 Å². The highest BCUT2D eigenvalue weighted by Crippen LogP contribution is 2.33. The van der Waals surface area contributed by atoms with Crippen molar-refractivity contribution in [1.82, 2.24) is 15.0 Å². The van der Waals surface area contributed by atoms with E-state index in [0.29, 0.717) is 35.7 Å². The standard InChI is InChI=1S/C25H23F3N6O2/c1-3-16-13-34(14-19(16)9-29-2)23-22(18-10-30-15-31-11-18)8-17(12-32-23)24(35)33-20-4-6-21(7-5-20)36-25(26,27)28/h4-12,15H,3,13-14H2,1-2H3,(H,33,35). The number of carbonyl (C=O) groups is 1. The van der Waals surface area contributed by atoms with E-state index in [-0.39, 0.29) is 11.3 Å². The Morgan fingerprint density at radius 3 is 2.53 bits per heavy atom. The second-order valence-corrected chi connectivity index (χ2v) is 7.97. The molecule has 0 bridgehead atoms. The number of alkyl halides is 3. The van der Waals surface area contributed by atoms with Gasteiger partial charge in [0.25, 0.3) is 5.91 Å². The number of ether oxygens (including phenoxy) is 1. The lowest BCUT2D eigenvalue weighted by Crippen LogP contribution is -2.23. The fourth-order valence-corrected chi connectivity index (χ4v) is 3.91. The molecule has 1 aliphatic rings. The zero-order valence-electron chi connectivity index (χ0n) is 19.6. The third-order valence-electron chi connectivity index (χ3n) is 5.55. The van der Waals surface area contributed by atoms with Crippen molar-refractivity contribution in [2.75, 3.05) is 30.4 Å². The largest absolute Gasteiger partial charge is 0.573 e. The van der Waals surface area contributed by atoms with E-state index in [1.54, 1.807) is 25.5 Å². The summed E-state index contributed by atoms with van der Waals surface area (Å²) in [6.07, 6.45) is 4.13. The normalized spacial score (nSPS) is 14.0. The SMILES string of the molecule is CCC1=C(C=NC)CN(c2ncc(C(=O)Nc3ccc(OC(F)(F)F)cc3)cc2-c2cncnc2)C1. The van der Waals surface area contributed by atoms with Crippen LogP contribution in [0.5, 0.6) is 5.75 Å². The van der Waals surface area contributed by atoms with Crippen molar-refractivity contribution >= 4 is 23.6 Å². The molecule has 11 heteroatoms. The second-order valence-electron chi connectivity index (χ2n) is 7.97. The van der Waals surface area contributed by atoms with E-state index in [1.807, 2.05) is 6.21 Å². The summed E-state index contributed by atoms with van der Waals surface area (Å²) in [5.41, 5.74) is 4.35. The van der Waals surface area contributed by atoms with Crippen LogP contribution in [0.2, 0.25) is 0 Å². The highest BCUT2D eigenvalue weighted by molar-refractivity contribution is 6.05. The third kappa shape index (κ3) is 5.85. The van der Waals surface area contributed by atoms with Crippen LogP contribution in [0.25, 0.3) is 11.1 Å². The van der Waals surface area contributed by atoms with E-state index in [4.69, 9.17) is 0 Å². The number of rotatable bonds is 7. The van der Waals surface area contributed by atoms with Gasteiger partial charge in [0.15, 0.2) is 0 Å². The van der Waals surface area contributed by atoms with E-state index >= 15 is 0 Å². The monoisotopic (exact) mass is 496 g/mol. The summed E-state index contributed by atoms with van der Waals surface area (Å²) in [6.45, 7) is 3.41. The molecule has 0 spiro atoms. The van der Waals surface area contributed by atoms with Crippen LogP contribution in [0, 0.1) is 0 Å². The van der Waals surface area contributed by atoms with Crippen LogP contribution in [0.4, 0.5) is 24.7 Å². The molecule has 2 aromatic heterocycles. The predicted octanol–water partition coefficient (Wildman–Crippen LogP) is 4.92. The number of benzene rings is 1. The lowest BCUT2D eigenvalue weighted by molar-refractivity contribution is -0.274. The Balaban J connectivity index is 1.60. The molecular formula is C25H23F3N6O2. The predicted molar refractivity (Wildman–Crippen MR) is 130 cm³/mol. The number of halogens is 3. The zero-order valence-corrected chi connectivity index (χ0v) is 19.6. The molecule has 1 aromatic carbocycles. The first-order valence-electron chi connectivity index (χ1n) is 11.1. The molecule has 3 heterocycles. The summed E-state index contributed by atoms with van der Waals surface area (Å²) in [4.78, 5) is 32.0. The smallest absolute Gasteiger partial charge is 0.406 e. The maximum atomic E-state index is 12.9. The lowest BCUT2D eigenvalue weighted by atomic mass is 10.1. The van der Waals surface area contributed by atoms with Crippen molar-refractivity contribution in [3.05, 3.63) is 72.0 Å². The van der Waals surface area contributed by atoms with Gasteiger partial charge in [-0.3, -0.25) is 9.79 Å². The zero-order chi connectivity index (χ0) is 25.7. The van der Waals surface area contributed by atoms with Crippen LogP contribution in [-0.4, -0.2) is 53.6 Å². The number of aliphatic imine (C=N–C) groups is 1. The Labute approximate surface area is 205 Å². The first-order valence-corrected chi connectivity index (χ1v) is 11.1. The number of aromatic nitrogens is 3. The molecule has 1 amide bonds. The Morgan fingerprint density at radius 2 is 1.89 bits per heavy atom. The van der Waals surface area contributed by atoms with Crippen LogP contribution in [0.15, 0.2) is 71.4 Å². The van der Waals surface area contributed by atoms with Gasteiger partial charge in [0, 0.05) is 61.8 Å². The van der Waals surface area contributed by atoms with Gasteiger partial charge in [0.1, 0.15) is 17.9 Å². The van der Waals surface area contributed by atoms with Crippen molar-refractivity contribution in [2.45, 2.75) is 19.7 Å². The highest BCUT2D eigenvalue weighted by atomic mass is 19.4. The highest BCUT2D eigenvalue weighted by Gasteiger charge is 2.31. The molecule has 3 aromatic rings. The number of hydrogen-bond donors (Lipinski definition) is 1. The van der Waals surface area contributed by atoms with Crippen LogP contribution >= 0.6 is 0 Å². The molecule has 0 unspecified atom stereocenters. The fourth-order valence-electron chi connectivity index (χ4n) is 3.91. The van der Waals surface area contributed by atoms with Gasteiger partial charge in [-0.2, -0.15) is 0 Å². The first-order chi connectivity index (χ1) is 17.3. The van der Waals surface area contributed by atoms with Gasteiger partial charge in [-0.15, -0.1) is 13.2 Å².